The molecule has 0 atom stereocenters. The van der Waals surface area contributed by atoms with Crippen LogP contribution in [0.1, 0.15) is 37.5 Å². The van der Waals surface area contributed by atoms with Crippen molar-refractivity contribution in [3.8, 4) is 0 Å². The monoisotopic (exact) mass is 323 g/mol. The third-order valence-corrected chi connectivity index (χ3v) is 5.18. The highest BCUT2D eigenvalue weighted by molar-refractivity contribution is 7.17. The molecule has 0 spiro atoms. The van der Waals surface area contributed by atoms with Gasteiger partial charge in [-0.05, 0) is 52.1 Å². The smallest absolute Gasteiger partial charge is 0.0345 e. The summed E-state index contributed by atoms with van der Waals surface area (Å²) in [5.41, 5.74) is 4.40. The first-order valence-electron chi connectivity index (χ1n) is 8.16. The molecule has 0 bridgehead atoms. The van der Waals surface area contributed by atoms with Crippen molar-refractivity contribution in [1.82, 2.24) is 4.90 Å². The summed E-state index contributed by atoms with van der Waals surface area (Å²) in [7, 11) is 2.20. The molecule has 0 aliphatic carbocycles. The molecule has 0 aliphatic heterocycles. The molecule has 0 unspecified atom stereocenters. The van der Waals surface area contributed by atoms with Gasteiger partial charge in [-0.15, -0.1) is 11.3 Å². The first-order chi connectivity index (χ1) is 10.9. The Morgan fingerprint density at radius 3 is 2.35 bits per heavy atom. The molecule has 0 fully saturated rings. The second kappa shape index (κ2) is 6.46. The number of fused-ring (bicyclic) bond motifs is 1. The standard InChI is InChI=1S/C21H25NS/c1-21(2,3)18-10-8-16(9-11-18)14-22(4)15-17-6-5-7-20-19(17)12-13-23-20/h5-13H,14-15H2,1-4H3. The molecular formula is C21H25NS. The lowest BCUT2D eigenvalue weighted by Crippen LogP contribution is -2.17. The second-order valence-electron chi connectivity index (χ2n) is 7.37. The molecule has 3 aromatic rings. The summed E-state index contributed by atoms with van der Waals surface area (Å²) in [5, 5.41) is 3.58. The van der Waals surface area contributed by atoms with E-state index in [4.69, 9.17) is 0 Å². The first-order valence-corrected chi connectivity index (χ1v) is 9.04. The van der Waals surface area contributed by atoms with Gasteiger partial charge in [0, 0.05) is 17.8 Å². The van der Waals surface area contributed by atoms with Crippen molar-refractivity contribution in [1.29, 1.82) is 0 Å². The molecule has 2 heteroatoms. The van der Waals surface area contributed by atoms with Gasteiger partial charge >= 0.3 is 0 Å². The van der Waals surface area contributed by atoms with Crippen LogP contribution in [0.2, 0.25) is 0 Å². The van der Waals surface area contributed by atoms with E-state index in [1.54, 1.807) is 0 Å². The zero-order valence-corrected chi connectivity index (χ0v) is 15.3. The van der Waals surface area contributed by atoms with Gasteiger partial charge < -0.3 is 0 Å². The normalized spacial score (nSPS) is 12.2. The van der Waals surface area contributed by atoms with Gasteiger partial charge in [0.05, 0.1) is 0 Å². The predicted molar refractivity (Wildman–Crippen MR) is 102 cm³/mol. The summed E-state index contributed by atoms with van der Waals surface area (Å²) in [6, 6.07) is 17.9. The lowest BCUT2D eigenvalue weighted by atomic mass is 9.87. The minimum Gasteiger partial charge on any atom is -0.298 e. The van der Waals surface area contributed by atoms with Crippen molar-refractivity contribution < 1.29 is 0 Å². The van der Waals surface area contributed by atoms with Gasteiger partial charge in [-0.1, -0.05) is 57.2 Å². The van der Waals surface area contributed by atoms with Gasteiger partial charge in [0.1, 0.15) is 0 Å². The highest BCUT2D eigenvalue weighted by Gasteiger charge is 2.13. The lowest BCUT2D eigenvalue weighted by Gasteiger charge is -2.21. The Bertz CT molecular complexity index is 777. The maximum Gasteiger partial charge on any atom is 0.0345 e. The molecule has 1 nitrogen and oxygen atoms in total. The minimum absolute atomic E-state index is 0.221. The topological polar surface area (TPSA) is 3.24 Å². The number of benzene rings is 2. The summed E-state index contributed by atoms with van der Waals surface area (Å²) >= 11 is 1.82. The first kappa shape index (κ1) is 16.2. The summed E-state index contributed by atoms with van der Waals surface area (Å²) in [4.78, 5) is 2.39. The fraction of sp³-hybridized carbons (Fsp3) is 0.333. The van der Waals surface area contributed by atoms with Crippen LogP contribution in [-0.2, 0) is 18.5 Å². The molecule has 0 saturated carbocycles. The van der Waals surface area contributed by atoms with Gasteiger partial charge in [0.25, 0.3) is 0 Å². The van der Waals surface area contributed by atoms with Gasteiger partial charge in [-0.2, -0.15) is 0 Å². The highest BCUT2D eigenvalue weighted by atomic mass is 32.1. The Morgan fingerprint density at radius 2 is 1.65 bits per heavy atom. The van der Waals surface area contributed by atoms with Gasteiger partial charge in [0.15, 0.2) is 0 Å². The Balaban J connectivity index is 1.70. The highest BCUT2D eigenvalue weighted by Crippen LogP contribution is 2.26. The summed E-state index contributed by atoms with van der Waals surface area (Å²) in [5.74, 6) is 0. The third-order valence-electron chi connectivity index (χ3n) is 4.30. The molecule has 0 radical (unpaired) electrons. The van der Waals surface area contributed by atoms with Crippen molar-refractivity contribution in [2.75, 3.05) is 7.05 Å². The van der Waals surface area contributed by atoms with Crippen LogP contribution in [-0.4, -0.2) is 11.9 Å². The number of hydrogen-bond acceptors (Lipinski definition) is 2. The second-order valence-corrected chi connectivity index (χ2v) is 8.32. The molecule has 1 aromatic heterocycles. The van der Waals surface area contributed by atoms with Crippen LogP contribution in [0.25, 0.3) is 10.1 Å². The Hall–Kier alpha value is -1.64. The molecule has 0 saturated heterocycles. The SMILES string of the molecule is CN(Cc1ccc(C(C)(C)C)cc1)Cc1cccc2sccc12. The number of nitrogens with zero attached hydrogens (tertiary/aromatic N) is 1. The molecule has 0 N–H and O–H groups in total. The summed E-state index contributed by atoms with van der Waals surface area (Å²) in [6.07, 6.45) is 0. The quantitative estimate of drug-likeness (QED) is 0.584. The maximum absolute atomic E-state index is 2.39. The summed E-state index contributed by atoms with van der Waals surface area (Å²) in [6.45, 7) is 8.74. The molecule has 120 valence electrons. The van der Waals surface area contributed by atoms with Gasteiger partial charge in [-0.3, -0.25) is 4.90 Å². The zero-order chi connectivity index (χ0) is 16.4. The van der Waals surface area contributed by atoms with E-state index in [0.29, 0.717) is 0 Å². The lowest BCUT2D eigenvalue weighted by molar-refractivity contribution is 0.320. The van der Waals surface area contributed by atoms with Crippen LogP contribution in [0.4, 0.5) is 0 Å². The Morgan fingerprint density at radius 1 is 0.913 bits per heavy atom. The Labute approximate surface area is 143 Å². The zero-order valence-electron chi connectivity index (χ0n) is 14.5. The molecule has 0 amide bonds. The molecular weight excluding hydrogens is 298 g/mol. The van der Waals surface area contributed by atoms with Gasteiger partial charge in [0.2, 0.25) is 0 Å². The number of rotatable bonds is 4. The fourth-order valence-corrected chi connectivity index (χ4v) is 3.80. The van der Waals surface area contributed by atoms with Crippen molar-refractivity contribution in [3.63, 3.8) is 0 Å². The van der Waals surface area contributed by atoms with Crippen molar-refractivity contribution >= 4 is 21.4 Å². The maximum atomic E-state index is 2.39. The molecule has 23 heavy (non-hydrogen) atoms. The van der Waals surface area contributed by atoms with E-state index < -0.39 is 0 Å². The van der Waals surface area contributed by atoms with E-state index in [0.717, 1.165) is 13.1 Å². The van der Waals surface area contributed by atoms with Crippen LogP contribution in [0, 0.1) is 0 Å². The van der Waals surface area contributed by atoms with Crippen LogP contribution < -0.4 is 0 Å². The van der Waals surface area contributed by atoms with E-state index in [1.165, 1.54) is 26.8 Å². The van der Waals surface area contributed by atoms with E-state index >= 15 is 0 Å². The molecule has 2 aromatic carbocycles. The van der Waals surface area contributed by atoms with Crippen molar-refractivity contribution in [2.24, 2.45) is 0 Å². The Kier molecular flexibility index (Phi) is 4.56. The van der Waals surface area contributed by atoms with Crippen molar-refractivity contribution in [3.05, 3.63) is 70.6 Å². The van der Waals surface area contributed by atoms with Crippen LogP contribution in [0.3, 0.4) is 0 Å². The van der Waals surface area contributed by atoms with Crippen LogP contribution in [0.5, 0.6) is 0 Å². The summed E-state index contributed by atoms with van der Waals surface area (Å²) < 4.78 is 1.38. The minimum atomic E-state index is 0.221. The van der Waals surface area contributed by atoms with E-state index in [2.05, 4.69) is 86.6 Å². The predicted octanol–water partition coefficient (Wildman–Crippen LogP) is 5.83. The average molecular weight is 324 g/mol. The van der Waals surface area contributed by atoms with Crippen molar-refractivity contribution in [2.45, 2.75) is 39.3 Å². The average Bonchev–Trinajstić information content (AvgIpc) is 2.96. The van der Waals surface area contributed by atoms with Crippen LogP contribution >= 0.6 is 11.3 Å². The van der Waals surface area contributed by atoms with E-state index in [9.17, 15) is 0 Å². The fourth-order valence-electron chi connectivity index (χ4n) is 2.96. The largest absolute Gasteiger partial charge is 0.298 e. The van der Waals surface area contributed by atoms with E-state index in [-0.39, 0.29) is 5.41 Å². The number of thiophene rings is 1. The third kappa shape index (κ3) is 3.82. The molecule has 0 aliphatic rings. The number of hydrogen-bond donors (Lipinski definition) is 0. The molecule has 3 rings (SSSR count). The van der Waals surface area contributed by atoms with Gasteiger partial charge in [-0.25, -0.2) is 0 Å². The molecule has 1 heterocycles. The van der Waals surface area contributed by atoms with Crippen LogP contribution in [0.15, 0.2) is 53.9 Å². The van der Waals surface area contributed by atoms with E-state index in [1.807, 2.05) is 11.3 Å².